The Bertz CT molecular complexity index is 710. The summed E-state index contributed by atoms with van der Waals surface area (Å²) in [6.45, 7) is 0. The van der Waals surface area contributed by atoms with E-state index >= 15 is 0 Å². The van der Waals surface area contributed by atoms with E-state index in [1.165, 1.54) is 0 Å². The molecule has 2 atom stereocenters. The van der Waals surface area contributed by atoms with Crippen LogP contribution < -0.4 is 5.32 Å². The number of nitrogens with one attached hydrogen (secondary N) is 1. The van der Waals surface area contributed by atoms with Crippen molar-refractivity contribution in [2.45, 2.75) is 18.5 Å². The molecule has 1 amide bonds. The van der Waals surface area contributed by atoms with Crippen LogP contribution in [0.15, 0.2) is 48.5 Å². The van der Waals surface area contributed by atoms with Gasteiger partial charge < -0.3 is 5.32 Å². The molecular weight excluding hydrogens is 327 g/mol. The highest BCUT2D eigenvalue weighted by Gasteiger charge is 2.55. The summed E-state index contributed by atoms with van der Waals surface area (Å²) in [4.78, 5) is 12.0. The van der Waals surface area contributed by atoms with E-state index in [0.717, 1.165) is 0 Å². The molecule has 0 unspecified atom stereocenters. The van der Waals surface area contributed by atoms with Crippen molar-refractivity contribution in [3.63, 3.8) is 0 Å². The average Bonchev–Trinajstić information content (AvgIpc) is 3.29. The van der Waals surface area contributed by atoms with Gasteiger partial charge in [0, 0.05) is 16.3 Å². The van der Waals surface area contributed by atoms with Gasteiger partial charge in [0.25, 0.3) is 5.91 Å². The number of amides is 1. The first-order chi connectivity index (χ1) is 10.8. The molecule has 0 aliphatic heterocycles. The van der Waals surface area contributed by atoms with Gasteiger partial charge in [-0.3, -0.25) is 4.79 Å². The molecule has 0 saturated heterocycles. The van der Waals surface area contributed by atoms with Crippen molar-refractivity contribution < 1.29 is 18.0 Å². The number of carbonyl (C=O) groups excluding carboxylic acids is 1. The molecule has 0 radical (unpaired) electrons. The monoisotopic (exact) mass is 339 g/mol. The van der Waals surface area contributed by atoms with Crippen molar-refractivity contribution in [1.82, 2.24) is 0 Å². The van der Waals surface area contributed by atoms with Crippen molar-refractivity contribution in [3.8, 4) is 0 Å². The van der Waals surface area contributed by atoms with E-state index in [9.17, 15) is 18.0 Å². The highest BCUT2D eigenvalue weighted by atomic mass is 35.5. The quantitative estimate of drug-likeness (QED) is 0.812. The van der Waals surface area contributed by atoms with Crippen LogP contribution in [-0.4, -0.2) is 12.1 Å². The molecular formula is C17H13ClF3NO. The highest BCUT2D eigenvalue weighted by Crippen LogP contribution is 2.56. The Balaban J connectivity index is 1.64. The molecule has 0 heterocycles. The highest BCUT2D eigenvalue weighted by molar-refractivity contribution is 6.30. The second kappa shape index (κ2) is 5.89. The second-order valence-electron chi connectivity index (χ2n) is 5.57. The predicted octanol–water partition coefficient (Wildman–Crippen LogP) is 5.26. The molecule has 2 aromatic carbocycles. The minimum Gasteiger partial charge on any atom is -0.322 e. The molecule has 3 rings (SSSR count). The molecule has 1 saturated carbocycles. The van der Waals surface area contributed by atoms with Gasteiger partial charge in [-0.2, -0.15) is 13.2 Å². The molecule has 6 heteroatoms. The maximum Gasteiger partial charge on any atom is 0.392 e. The Hall–Kier alpha value is -2.01. The zero-order valence-electron chi connectivity index (χ0n) is 11.9. The van der Waals surface area contributed by atoms with Crippen molar-refractivity contribution >= 4 is 23.2 Å². The number of alkyl halides is 3. The van der Waals surface area contributed by atoms with E-state index in [1.54, 1.807) is 48.5 Å². The number of carbonyl (C=O) groups is 1. The molecule has 0 spiro atoms. The molecule has 1 N–H and O–H groups in total. The number of benzene rings is 2. The average molecular weight is 340 g/mol. The SMILES string of the molecule is O=C(Nc1ccc([C@H]2C[C@@H]2C(F)(F)F)cc1)c1ccc(Cl)cc1. The van der Waals surface area contributed by atoms with Crippen LogP contribution in [0.2, 0.25) is 5.02 Å². The minimum absolute atomic E-state index is 0.139. The molecule has 2 nitrogen and oxygen atoms in total. The van der Waals surface area contributed by atoms with E-state index in [1.807, 2.05) is 0 Å². The lowest BCUT2D eigenvalue weighted by Crippen LogP contribution is -2.12. The van der Waals surface area contributed by atoms with Crippen LogP contribution in [0.4, 0.5) is 18.9 Å². The zero-order chi connectivity index (χ0) is 16.6. The first-order valence-electron chi connectivity index (χ1n) is 7.08. The Morgan fingerprint density at radius 2 is 1.65 bits per heavy atom. The summed E-state index contributed by atoms with van der Waals surface area (Å²) in [5.74, 6) is -2.00. The van der Waals surface area contributed by atoms with Crippen molar-refractivity contribution in [1.29, 1.82) is 0 Å². The number of halogens is 4. The van der Waals surface area contributed by atoms with Gasteiger partial charge in [-0.1, -0.05) is 23.7 Å². The van der Waals surface area contributed by atoms with Gasteiger partial charge in [-0.05, 0) is 54.3 Å². The van der Waals surface area contributed by atoms with Gasteiger partial charge in [0.1, 0.15) is 0 Å². The third-order valence-electron chi connectivity index (χ3n) is 3.91. The summed E-state index contributed by atoms with van der Waals surface area (Å²) >= 11 is 5.76. The Morgan fingerprint density at radius 3 is 2.17 bits per heavy atom. The predicted molar refractivity (Wildman–Crippen MR) is 82.8 cm³/mol. The Kier molecular flexibility index (Phi) is 4.06. The van der Waals surface area contributed by atoms with Crippen LogP contribution in [0, 0.1) is 5.92 Å². The van der Waals surface area contributed by atoms with Gasteiger partial charge >= 0.3 is 6.18 Å². The largest absolute Gasteiger partial charge is 0.392 e. The number of hydrogen-bond acceptors (Lipinski definition) is 1. The lowest BCUT2D eigenvalue weighted by atomic mass is 10.1. The molecule has 0 aromatic heterocycles. The van der Waals surface area contributed by atoms with E-state index < -0.39 is 18.0 Å². The van der Waals surface area contributed by atoms with Gasteiger partial charge in [-0.15, -0.1) is 0 Å². The Morgan fingerprint density at radius 1 is 1.04 bits per heavy atom. The first-order valence-corrected chi connectivity index (χ1v) is 7.46. The lowest BCUT2D eigenvalue weighted by molar-refractivity contribution is -0.148. The third kappa shape index (κ3) is 3.67. The van der Waals surface area contributed by atoms with E-state index in [4.69, 9.17) is 11.6 Å². The van der Waals surface area contributed by atoms with Crippen LogP contribution in [-0.2, 0) is 0 Å². The molecule has 2 aromatic rings. The lowest BCUT2D eigenvalue weighted by Gasteiger charge is -2.08. The van der Waals surface area contributed by atoms with Crippen LogP contribution in [0.5, 0.6) is 0 Å². The standard InChI is InChI=1S/C17H13ClF3NO/c18-12-5-1-11(2-6-12)16(23)22-13-7-3-10(4-8-13)14-9-15(14)17(19,20)21/h1-8,14-15H,9H2,(H,22,23)/t14-,15+/m1/s1. The van der Waals surface area contributed by atoms with E-state index in [-0.39, 0.29) is 12.3 Å². The number of rotatable bonds is 3. The van der Waals surface area contributed by atoms with Crippen LogP contribution in [0.25, 0.3) is 0 Å². The summed E-state index contributed by atoms with van der Waals surface area (Å²) in [6, 6.07) is 12.9. The van der Waals surface area contributed by atoms with Gasteiger partial charge in [-0.25, -0.2) is 0 Å². The molecule has 1 fully saturated rings. The van der Waals surface area contributed by atoms with Crippen LogP contribution in [0.1, 0.15) is 28.3 Å². The van der Waals surface area contributed by atoms with E-state index in [0.29, 0.717) is 21.8 Å². The van der Waals surface area contributed by atoms with Crippen LogP contribution in [0.3, 0.4) is 0 Å². The van der Waals surface area contributed by atoms with Gasteiger partial charge in [0.2, 0.25) is 0 Å². The van der Waals surface area contributed by atoms with Crippen molar-refractivity contribution in [2.75, 3.05) is 5.32 Å². The van der Waals surface area contributed by atoms with Gasteiger partial charge in [0.05, 0.1) is 5.92 Å². The maximum absolute atomic E-state index is 12.6. The molecule has 120 valence electrons. The molecule has 1 aliphatic rings. The second-order valence-corrected chi connectivity index (χ2v) is 6.01. The summed E-state index contributed by atoms with van der Waals surface area (Å²) in [5, 5.41) is 3.24. The summed E-state index contributed by atoms with van der Waals surface area (Å²) in [5.41, 5.74) is 1.65. The molecule has 1 aliphatic carbocycles. The fraction of sp³-hybridized carbons (Fsp3) is 0.235. The Labute approximate surface area is 136 Å². The number of hydrogen-bond donors (Lipinski definition) is 1. The van der Waals surface area contributed by atoms with Gasteiger partial charge in [0.15, 0.2) is 0 Å². The first kappa shape index (κ1) is 15.9. The zero-order valence-corrected chi connectivity index (χ0v) is 12.7. The number of anilines is 1. The normalized spacial score (nSPS) is 20.2. The fourth-order valence-corrected chi connectivity index (χ4v) is 2.67. The van der Waals surface area contributed by atoms with E-state index in [2.05, 4.69) is 5.32 Å². The minimum atomic E-state index is -4.13. The maximum atomic E-state index is 12.6. The summed E-state index contributed by atoms with van der Waals surface area (Å²) in [6.07, 6.45) is -3.99. The van der Waals surface area contributed by atoms with Crippen LogP contribution >= 0.6 is 11.6 Å². The third-order valence-corrected chi connectivity index (χ3v) is 4.17. The summed E-state index contributed by atoms with van der Waals surface area (Å²) in [7, 11) is 0. The summed E-state index contributed by atoms with van der Waals surface area (Å²) < 4.78 is 37.7. The smallest absolute Gasteiger partial charge is 0.322 e. The topological polar surface area (TPSA) is 29.1 Å². The van der Waals surface area contributed by atoms with Crippen molar-refractivity contribution in [2.24, 2.45) is 5.92 Å². The molecule has 0 bridgehead atoms. The molecule has 23 heavy (non-hydrogen) atoms. The van der Waals surface area contributed by atoms with Crippen molar-refractivity contribution in [3.05, 3.63) is 64.7 Å². The fourth-order valence-electron chi connectivity index (χ4n) is 2.54.